The second-order valence-electron chi connectivity index (χ2n) is 4.95. The van der Waals surface area contributed by atoms with E-state index in [4.69, 9.17) is 16.3 Å². The number of carbonyl (C=O) groups excluding carboxylic acids is 1. The number of amides is 1. The van der Waals surface area contributed by atoms with Crippen LogP contribution >= 0.6 is 24.0 Å². The van der Waals surface area contributed by atoms with Crippen LogP contribution in [0.25, 0.3) is 0 Å². The molecule has 1 aromatic carbocycles. The van der Waals surface area contributed by atoms with Crippen LogP contribution in [0, 0.1) is 0 Å². The quantitative estimate of drug-likeness (QED) is 0.816. The Balaban J connectivity index is 0.00000220. The normalized spacial score (nSPS) is 16.7. The highest BCUT2D eigenvalue weighted by molar-refractivity contribution is 6.30. The summed E-state index contributed by atoms with van der Waals surface area (Å²) in [5.41, 5.74) is 0.876. The van der Waals surface area contributed by atoms with Crippen LogP contribution in [0.1, 0.15) is 19.4 Å². The summed E-state index contributed by atoms with van der Waals surface area (Å²) in [6.45, 7) is 5.05. The second-order valence-corrected chi connectivity index (χ2v) is 5.39. The maximum Gasteiger partial charge on any atom is 0.241 e. The monoisotopic (exact) mass is 330 g/mol. The van der Waals surface area contributed by atoms with E-state index in [2.05, 4.69) is 10.6 Å². The number of halogens is 2. The number of nitrogens with one attached hydrogen (secondary N) is 2. The van der Waals surface area contributed by atoms with Gasteiger partial charge in [0.1, 0.15) is 11.8 Å². The minimum Gasteiger partial charge on any atom is -0.491 e. The zero-order valence-electron chi connectivity index (χ0n) is 12.1. The summed E-state index contributed by atoms with van der Waals surface area (Å²) in [6, 6.07) is 5.18. The molecule has 1 heterocycles. The summed E-state index contributed by atoms with van der Waals surface area (Å²) in [4.78, 5) is 11.9. The lowest BCUT2D eigenvalue weighted by atomic mass is 10.2. The van der Waals surface area contributed by atoms with Gasteiger partial charge in [0, 0.05) is 23.7 Å². The topological polar surface area (TPSA) is 50.4 Å². The van der Waals surface area contributed by atoms with E-state index in [9.17, 15) is 4.79 Å². The van der Waals surface area contributed by atoms with Crippen molar-refractivity contribution in [2.24, 2.45) is 0 Å². The molecule has 116 valence electrons. The Morgan fingerprint density at radius 3 is 2.90 bits per heavy atom. The van der Waals surface area contributed by atoms with Crippen LogP contribution in [0.4, 0.5) is 0 Å². The van der Waals surface area contributed by atoms with E-state index in [1.807, 2.05) is 38.1 Å². The Hall–Kier alpha value is -1.23. The summed E-state index contributed by atoms with van der Waals surface area (Å²) in [5.74, 6) is 0.703. The van der Waals surface area contributed by atoms with E-state index in [0.717, 1.165) is 17.9 Å². The van der Waals surface area contributed by atoms with Crippen LogP contribution in [0.2, 0.25) is 5.02 Å². The average molecular weight is 331 g/mol. The Bertz CT molecular complexity index is 518. The van der Waals surface area contributed by atoms with Crippen molar-refractivity contribution in [2.75, 3.05) is 6.54 Å². The first-order valence-electron chi connectivity index (χ1n) is 6.69. The number of hydrogen-bond acceptors (Lipinski definition) is 3. The maximum absolute atomic E-state index is 11.9. The molecule has 1 amide bonds. The van der Waals surface area contributed by atoms with E-state index >= 15 is 0 Å². The molecule has 0 bridgehead atoms. The van der Waals surface area contributed by atoms with Crippen molar-refractivity contribution >= 4 is 29.9 Å². The minimum atomic E-state index is -0.247. The highest BCUT2D eigenvalue weighted by Crippen LogP contribution is 2.23. The Kier molecular flexibility index (Phi) is 7.02. The summed E-state index contributed by atoms with van der Waals surface area (Å²) >= 11 is 6.00. The summed E-state index contributed by atoms with van der Waals surface area (Å²) in [7, 11) is 0. The number of hydrogen-bond donors (Lipinski definition) is 2. The van der Waals surface area contributed by atoms with Crippen LogP contribution in [0.3, 0.4) is 0 Å². The summed E-state index contributed by atoms with van der Waals surface area (Å²) in [5, 5.41) is 6.59. The Morgan fingerprint density at radius 2 is 2.29 bits per heavy atom. The lowest BCUT2D eigenvalue weighted by Crippen LogP contribution is -2.40. The average Bonchev–Trinajstić information content (AvgIpc) is 2.92. The zero-order valence-corrected chi connectivity index (χ0v) is 13.6. The van der Waals surface area contributed by atoms with E-state index in [0.29, 0.717) is 11.6 Å². The van der Waals surface area contributed by atoms with Gasteiger partial charge in [-0.3, -0.25) is 10.1 Å². The first-order valence-corrected chi connectivity index (χ1v) is 7.07. The molecular weight excluding hydrogens is 311 g/mol. The van der Waals surface area contributed by atoms with Gasteiger partial charge in [-0.05, 0) is 32.0 Å². The fraction of sp³-hybridized carbons (Fsp3) is 0.400. The molecule has 1 aliphatic heterocycles. The predicted molar refractivity (Wildman–Crippen MR) is 87.2 cm³/mol. The van der Waals surface area contributed by atoms with Gasteiger partial charge in [-0.2, -0.15) is 0 Å². The maximum atomic E-state index is 11.9. The molecule has 0 aliphatic carbocycles. The van der Waals surface area contributed by atoms with Crippen molar-refractivity contribution < 1.29 is 9.53 Å². The van der Waals surface area contributed by atoms with Gasteiger partial charge in [0.15, 0.2) is 0 Å². The molecule has 2 N–H and O–H groups in total. The molecule has 1 aliphatic rings. The van der Waals surface area contributed by atoms with Gasteiger partial charge in [0.2, 0.25) is 5.91 Å². The molecule has 2 rings (SSSR count). The predicted octanol–water partition coefficient (Wildman–Crippen LogP) is 2.69. The molecule has 21 heavy (non-hydrogen) atoms. The second kappa shape index (κ2) is 8.27. The van der Waals surface area contributed by atoms with Crippen molar-refractivity contribution in [3.8, 4) is 5.75 Å². The van der Waals surface area contributed by atoms with Gasteiger partial charge in [-0.1, -0.05) is 23.8 Å². The number of carbonyl (C=O) groups is 1. The fourth-order valence-corrected chi connectivity index (χ4v) is 2.19. The number of ether oxygens (including phenoxy) is 1. The van der Waals surface area contributed by atoms with E-state index in [1.165, 1.54) is 0 Å². The first kappa shape index (κ1) is 17.8. The fourth-order valence-electron chi connectivity index (χ4n) is 1.99. The molecule has 1 unspecified atom stereocenters. The first-order chi connectivity index (χ1) is 9.56. The van der Waals surface area contributed by atoms with Crippen molar-refractivity contribution in [3.05, 3.63) is 40.9 Å². The summed E-state index contributed by atoms with van der Waals surface area (Å²) in [6.07, 6.45) is 3.88. The molecular formula is C15H20Cl2N2O2. The Morgan fingerprint density at radius 1 is 1.52 bits per heavy atom. The molecule has 0 radical (unpaired) electrons. The van der Waals surface area contributed by atoms with Crippen LogP contribution in [-0.2, 0) is 11.3 Å². The largest absolute Gasteiger partial charge is 0.491 e. The third-order valence-corrected chi connectivity index (χ3v) is 3.14. The summed E-state index contributed by atoms with van der Waals surface area (Å²) < 4.78 is 5.72. The third-order valence-electron chi connectivity index (χ3n) is 2.90. The van der Waals surface area contributed by atoms with Crippen LogP contribution in [0.15, 0.2) is 30.4 Å². The van der Waals surface area contributed by atoms with Gasteiger partial charge in [-0.25, -0.2) is 0 Å². The highest BCUT2D eigenvalue weighted by Gasteiger charge is 2.17. The standard InChI is InChI=1S/C15H19ClN2O2.ClH/c1-10(2)20-14-6-5-12(16)8-11(14)9-18-15(19)13-4-3-7-17-13;/h3-6,8,10,13,17H,7,9H2,1-2H3,(H,18,19);1H. The number of benzene rings is 1. The smallest absolute Gasteiger partial charge is 0.241 e. The molecule has 0 fully saturated rings. The lowest BCUT2D eigenvalue weighted by Gasteiger charge is -2.16. The van der Waals surface area contributed by atoms with Crippen molar-refractivity contribution in [1.29, 1.82) is 0 Å². The molecule has 4 nitrogen and oxygen atoms in total. The van der Waals surface area contributed by atoms with Gasteiger partial charge in [0.05, 0.1) is 6.10 Å². The highest BCUT2D eigenvalue weighted by atomic mass is 35.5. The third kappa shape index (κ3) is 5.23. The van der Waals surface area contributed by atoms with Gasteiger partial charge >= 0.3 is 0 Å². The minimum absolute atomic E-state index is 0. The van der Waals surface area contributed by atoms with E-state index < -0.39 is 0 Å². The van der Waals surface area contributed by atoms with Crippen molar-refractivity contribution in [2.45, 2.75) is 32.5 Å². The molecule has 0 saturated heterocycles. The van der Waals surface area contributed by atoms with Gasteiger partial charge in [-0.15, -0.1) is 12.4 Å². The van der Waals surface area contributed by atoms with Crippen LogP contribution < -0.4 is 15.4 Å². The van der Waals surface area contributed by atoms with Gasteiger partial charge in [0.25, 0.3) is 0 Å². The lowest BCUT2D eigenvalue weighted by molar-refractivity contribution is -0.122. The SMILES string of the molecule is CC(C)Oc1ccc(Cl)cc1CNC(=O)C1C=CCN1.Cl. The van der Waals surface area contributed by atoms with E-state index in [-0.39, 0.29) is 30.5 Å². The molecule has 1 aromatic rings. The zero-order chi connectivity index (χ0) is 14.5. The van der Waals surface area contributed by atoms with Gasteiger partial charge < -0.3 is 10.1 Å². The van der Waals surface area contributed by atoms with E-state index in [1.54, 1.807) is 6.07 Å². The van der Waals surface area contributed by atoms with Crippen molar-refractivity contribution in [1.82, 2.24) is 10.6 Å². The molecule has 0 aromatic heterocycles. The number of rotatable bonds is 5. The molecule has 0 saturated carbocycles. The molecule has 1 atom stereocenters. The van der Waals surface area contributed by atoms with Crippen molar-refractivity contribution in [3.63, 3.8) is 0 Å². The van der Waals surface area contributed by atoms with Crippen LogP contribution in [-0.4, -0.2) is 24.6 Å². The molecule has 6 heteroatoms. The molecule has 0 spiro atoms. The van der Waals surface area contributed by atoms with Crippen LogP contribution in [0.5, 0.6) is 5.75 Å². The Labute approximate surface area is 136 Å².